The first-order valence-electron chi connectivity index (χ1n) is 7.72. The lowest BCUT2D eigenvalue weighted by Crippen LogP contribution is -2.32. The average Bonchev–Trinajstić information content (AvgIpc) is 2.46. The van der Waals surface area contributed by atoms with E-state index >= 15 is 0 Å². The summed E-state index contributed by atoms with van der Waals surface area (Å²) in [4.78, 5) is 10.4. The van der Waals surface area contributed by atoms with Crippen LogP contribution in [0.1, 0.15) is 25.8 Å². The predicted molar refractivity (Wildman–Crippen MR) is 94.2 cm³/mol. The maximum absolute atomic E-state index is 10.5. The Balaban J connectivity index is 0.000000441. The molecule has 0 aliphatic carbocycles. The molecule has 7 nitrogen and oxygen atoms in total. The van der Waals surface area contributed by atoms with Gasteiger partial charge in [0, 0.05) is 0 Å². The zero-order valence-electron chi connectivity index (χ0n) is 14.1. The second-order valence-corrected chi connectivity index (χ2v) is 7.61. The van der Waals surface area contributed by atoms with Crippen molar-refractivity contribution in [3.05, 3.63) is 35.9 Å². The van der Waals surface area contributed by atoms with Crippen LogP contribution in [0.15, 0.2) is 30.3 Å². The monoisotopic (exact) mass is 360 g/mol. The molecular weight excluding hydrogens is 332 g/mol. The Bertz CT molecular complexity index is 575. The van der Waals surface area contributed by atoms with Gasteiger partial charge in [0.25, 0.3) is 10.1 Å². The summed E-state index contributed by atoms with van der Waals surface area (Å²) in [5, 5.41) is 8.52. The molecule has 0 saturated heterocycles. The van der Waals surface area contributed by atoms with E-state index in [-0.39, 0.29) is 11.7 Å². The smallest absolute Gasteiger partial charge is 0.320 e. The van der Waals surface area contributed by atoms with Gasteiger partial charge in [0.2, 0.25) is 0 Å². The fourth-order valence-corrected chi connectivity index (χ4v) is 3.02. The van der Waals surface area contributed by atoms with E-state index in [9.17, 15) is 13.2 Å². The van der Waals surface area contributed by atoms with E-state index in [4.69, 9.17) is 21.1 Å². The number of hydrogen-bond acceptors (Lipinski definition) is 5. The van der Waals surface area contributed by atoms with Crippen LogP contribution in [-0.4, -0.2) is 42.4 Å². The minimum Gasteiger partial charge on any atom is -0.480 e. The molecule has 0 saturated carbocycles. The Morgan fingerprint density at radius 2 is 1.75 bits per heavy atom. The molecule has 0 aliphatic heterocycles. The molecule has 0 bridgehead atoms. The standard InChI is InChI=1S/C9H11NO2.C7H17NO3S/c10-8(9(11)12)6-7-4-2-1-3-5-7;1-6(2)3-7(4-8)5-12(9,10)11/h1-5,8H,6,10H2,(H,11,12);6-7H,3-5,8H2,1-2H3,(H,9,10,11). The van der Waals surface area contributed by atoms with Crippen molar-refractivity contribution in [2.45, 2.75) is 32.7 Å². The SMILES string of the molecule is CC(C)CC(CN)CS(=O)(=O)O.NC(Cc1ccccc1)C(=O)O. The molecule has 24 heavy (non-hydrogen) atoms. The molecule has 0 radical (unpaired) electrons. The van der Waals surface area contributed by atoms with Gasteiger partial charge in [-0.2, -0.15) is 8.42 Å². The molecule has 8 heteroatoms. The molecule has 0 aliphatic rings. The van der Waals surface area contributed by atoms with Crippen molar-refractivity contribution in [3.63, 3.8) is 0 Å². The van der Waals surface area contributed by atoms with Crippen molar-refractivity contribution in [1.82, 2.24) is 0 Å². The van der Waals surface area contributed by atoms with Gasteiger partial charge in [-0.3, -0.25) is 9.35 Å². The van der Waals surface area contributed by atoms with Crippen molar-refractivity contribution in [2.75, 3.05) is 12.3 Å². The summed E-state index contributed by atoms with van der Waals surface area (Å²) in [7, 11) is -3.86. The molecule has 0 aromatic heterocycles. The molecular formula is C16H28N2O5S. The molecule has 0 fully saturated rings. The highest BCUT2D eigenvalue weighted by Gasteiger charge is 2.16. The number of hydrogen-bond donors (Lipinski definition) is 4. The highest BCUT2D eigenvalue weighted by atomic mass is 32.2. The summed E-state index contributed by atoms with van der Waals surface area (Å²) >= 11 is 0. The average molecular weight is 360 g/mol. The number of nitrogens with two attached hydrogens (primary N) is 2. The second kappa shape index (κ2) is 11.1. The Labute approximate surface area is 143 Å². The quantitative estimate of drug-likeness (QED) is 0.509. The zero-order valence-corrected chi connectivity index (χ0v) is 14.9. The topological polar surface area (TPSA) is 144 Å². The normalized spacial score (nSPS) is 13.8. The third kappa shape index (κ3) is 12.0. The van der Waals surface area contributed by atoms with E-state index in [1.54, 1.807) is 0 Å². The number of carboxylic acid groups (broad SMARTS) is 1. The Morgan fingerprint density at radius 3 is 2.12 bits per heavy atom. The predicted octanol–water partition coefficient (Wildman–Crippen LogP) is 1.14. The summed E-state index contributed by atoms with van der Waals surface area (Å²) in [6.45, 7) is 4.29. The van der Waals surface area contributed by atoms with Crippen LogP contribution in [0, 0.1) is 11.8 Å². The minimum atomic E-state index is -3.86. The van der Waals surface area contributed by atoms with Crippen LogP contribution < -0.4 is 11.5 Å². The summed E-state index contributed by atoms with van der Waals surface area (Å²) < 4.78 is 29.5. The van der Waals surface area contributed by atoms with Crippen molar-refractivity contribution < 1.29 is 22.9 Å². The van der Waals surface area contributed by atoms with Crippen LogP contribution in [-0.2, 0) is 21.3 Å². The molecule has 2 atom stereocenters. The lowest BCUT2D eigenvalue weighted by atomic mass is 9.99. The second-order valence-electron chi connectivity index (χ2n) is 6.11. The van der Waals surface area contributed by atoms with Crippen LogP contribution in [0.4, 0.5) is 0 Å². The van der Waals surface area contributed by atoms with Gasteiger partial charge >= 0.3 is 5.97 Å². The summed E-state index contributed by atoms with van der Waals surface area (Å²) in [5.41, 5.74) is 11.7. The van der Waals surface area contributed by atoms with E-state index in [1.165, 1.54) is 0 Å². The largest absolute Gasteiger partial charge is 0.480 e. The Morgan fingerprint density at radius 1 is 1.21 bits per heavy atom. The molecule has 1 rings (SSSR count). The number of aliphatic carboxylic acids is 1. The van der Waals surface area contributed by atoms with Crippen LogP contribution in [0.2, 0.25) is 0 Å². The van der Waals surface area contributed by atoms with Crippen LogP contribution in [0.25, 0.3) is 0 Å². The molecule has 1 aromatic carbocycles. The maximum Gasteiger partial charge on any atom is 0.320 e. The molecule has 0 spiro atoms. The molecule has 2 unspecified atom stereocenters. The molecule has 138 valence electrons. The lowest BCUT2D eigenvalue weighted by molar-refractivity contribution is -0.138. The molecule has 0 amide bonds. The Hall–Kier alpha value is -1.48. The van der Waals surface area contributed by atoms with E-state index in [0.29, 0.717) is 18.9 Å². The van der Waals surface area contributed by atoms with Crippen LogP contribution in [0.5, 0.6) is 0 Å². The fraction of sp³-hybridized carbons (Fsp3) is 0.562. The minimum absolute atomic E-state index is 0.125. The maximum atomic E-state index is 10.5. The van der Waals surface area contributed by atoms with Gasteiger partial charge in [0.05, 0.1) is 5.75 Å². The van der Waals surface area contributed by atoms with E-state index in [1.807, 2.05) is 44.2 Å². The van der Waals surface area contributed by atoms with Crippen LogP contribution in [0.3, 0.4) is 0 Å². The van der Waals surface area contributed by atoms with Gasteiger partial charge < -0.3 is 16.6 Å². The van der Waals surface area contributed by atoms with Crippen LogP contribution >= 0.6 is 0 Å². The molecule has 0 heterocycles. The van der Waals surface area contributed by atoms with Gasteiger partial charge in [-0.1, -0.05) is 44.2 Å². The van der Waals surface area contributed by atoms with Gasteiger partial charge in [-0.15, -0.1) is 0 Å². The first kappa shape index (κ1) is 22.5. The fourth-order valence-electron chi connectivity index (χ4n) is 2.15. The van der Waals surface area contributed by atoms with Gasteiger partial charge in [-0.25, -0.2) is 0 Å². The van der Waals surface area contributed by atoms with Crippen molar-refractivity contribution in [2.24, 2.45) is 23.3 Å². The first-order chi connectivity index (χ1) is 11.0. The third-order valence-corrected chi connectivity index (χ3v) is 4.09. The van der Waals surface area contributed by atoms with Crippen molar-refractivity contribution in [1.29, 1.82) is 0 Å². The van der Waals surface area contributed by atoms with Gasteiger partial charge in [0.15, 0.2) is 0 Å². The zero-order chi connectivity index (χ0) is 18.8. The molecule has 6 N–H and O–H groups in total. The van der Waals surface area contributed by atoms with Gasteiger partial charge in [0.1, 0.15) is 6.04 Å². The first-order valence-corrected chi connectivity index (χ1v) is 9.33. The Kier molecular flexibility index (Phi) is 10.5. The number of benzene rings is 1. The number of carbonyl (C=O) groups is 1. The summed E-state index contributed by atoms with van der Waals surface area (Å²) in [6, 6.07) is 8.54. The van der Waals surface area contributed by atoms with E-state index < -0.39 is 22.1 Å². The number of carboxylic acids is 1. The van der Waals surface area contributed by atoms with Gasteiger partial charge in [-0.05, 0) is 36.8 Å². The highest BCUT2D eigenvalue weighted by Crippen LogP contribution is 2.12. The summed E-state index contributed by atoms with van der Waals surface area (Å²) in [6.07, 6.45) is 1.12. The van der Waals surface area contributed by atoms with E-state index in [2.05, 4.69) is 0 Å². The van der Waals surface area contributed by atoms with Crippen molar-refractivity contribution in [3.8, 4) is 0 Å². The van der Waals surface area contributed by atoms with E-state index in [0.717, 1.165) is 12.0 Å². The van der Waals surface area contributed by atoms with Crippen molar-refractivity contribution >= 4 is 16.1 Å². The summed E-state index contributed by atoms with van der Waals surface area (Å²) in [5.74, 6) is -0.902. The number of rotatable bonds is 8. The molecule has 1 aromatic rings. The highest BCUT2D eigenvalue weighted by molar-refractivity contribution is 7.85. The lowest BCUT2D eigenvalue weighted by Gasteiger charge is -2.14. The third-order valence-electron chi connectivity index (χ3n) is 3.20.